The van der Waals surface area contributed by atoms with Crippen LogP contribution in [0.15, 0.2) is 0 Å². The molecule has 3 nitrogen and oxygen atoms in total. The van der Waals surface area contributed by atoms with E-state index in [1.54, 1.807) is 6.92 Å². The Bertz CT molecular complexity index is 260. The third-order valence-corrected chi connectivity index (χ3v) is 2.67. The Labute approximate surface area is 109 Å². The van der Waals surface area contributed by atoms with Crippen molar-refractivity contribution in [3.8, 4) is 0 Å². The lowest BCUT2D eigenvalue weighted by molar-refractivity contribution is -0.296. The number of alkyl halides is 5. The normalized spacial score (nSPS) is 16.4. The predicted molar refractivity (Wildman–Crippen MR) is 60.2 cm³/mol. The molecule has 8 heteroatoms. The number of nitrogens with one attached hydrogen (secondary N) is 1. The third-order valence-electron chi connectivity index (χ3n) is 2.67. The smallest absolute Gasteiger partial charge is 0.394 e. The number of rotatable bonds is 9. The minimum Gasteiger partial charge on any atom is -0.394 e. The van der Waals surface area contributed by atoms with Crippen molar-refractivity contribution < 1.29 is 31.8 Å². The number of aliphatic hydroxyl groups excluding tert-OH is 1. The van der Waals surface area contributed by atoms with Gasteiger partial charge in [-0.15, -0.1) is 0 Å². The van der Waals surface area contributed by atoms with Crippen LogP contribution in [0.2, 0.25) is 0 Å². The molecular weight excluding hydrogens is 273 g/mol. The molecule has 0 saturated carbocycles. The monoisotopic (exact) mass is 293 g/mol. The molecule has 0 aliphatic rings. The van der Waals surface area contributed by atoms with Crippen molar-refractivity contribution in [1.29, 1.82) is 0 Å². The van der Waals surface area contributed by atoms with Crippen LogP contribution in [-0.2, 0) is 4.74 Å². The third kappa shape index (κ3) is 6.49. The Balaban J connectivity index is 3.94. The molecule has 0 heterocycles. The lowest BCUT2D eigenvalue weighted by atomic mass is 9.97. The van der Waals surface area contributed by atoms with Crippen molar-refractivity contribution in [1.82, 2.24) is 5.32 Å². The number of hydrogen-bond acceptors (Lipinski definition) is 3. The summed E-state index contributed by atoms with van der Waals surface area (Å²) in [6.07, 6.45) is -4.90. The van der Waals surface area contributed by atoms with Crippen molar-refractivity contribution in [2.24, 2.45) is 0 Å². The molecule has 0 bridgehead atoms. The summed E-state index contributed by atoms with van der Waals surface area (Å²) in [6.45, 7) is 2.15. The Morgan fingerprint density at radius 3 is 2.16 bits per heavy atom. The number of hydrogen-bond donors (Lipinski definition) is 2. The molecule has 0 amide bonds. The van der Waals surface area contributed by atoms with Crippen LogP contribution in [0, 0.1) is 0 Å². The zero-order valence-corrected chi connectivity index (χ0v) is 11.0. The highest BCUT2D eigenvalue weighted by Crippen LogP contribution is 2.35. The lowest BCUT2D eigenvalue weighted by Crippen LogP contribution is -2.45. The Morgan fingerprint density at radius 2 is 1.74 bits per heavy atom. The van der Waals surface area contributed by atoms with Gasteiger partial charge in [0.2, 0.25) is 0 Å². The van der Waals surface area contributed by atoms with Crippen LogP contribution in [0.25, 0.3) is 0 Å². The van der Waals surface area contributed by atoms with Gasteiger partial charge < -0.3 is 15.2 Å². The van der Waals surface area contributed by atoms with Crippen molar-refractivity contribution in [2.45, 2.75) is 44.3 Å². The van der Waals surface area contributed by atoms with E-state index in [-0.39, 0.29) is 19.6 Å². The summed E-state index contributed by atoms with van der Waals surface area (Å²) in [4.78, 5) is 0. The highest BCUT2D eigenvalue weighted by Gasteiger charge is 2.57. The van der Waals surface area contributed by atoms with Crippen LogP contribution in [-0.4, -0.2) is 49.1 Å². The molecule has 0 aliphatic carbocycles. The molecule has 0 aromatic heterocycles. The molecule has 0 rings (SSSR count). The molecule has 0 radical (unpaired) electrons. The standard InChI is InChI=1S/C11H20F5NO2/c1-3-17-9(2,7-18)5-4-6-19-8-10(12,13)11(14,15)16/h17-18H,3-8H2,1-2H3. The summed E-state index contributed by atoms with van der Waals surface area (Å²) < 4.78 is 64.8. The number of halogens is 5. The van der Waals surface area contributed by atoms with E-state index in [0.29, 0.717) is 13.0 Å². The largest absolute Gasteiger partial charge is 0.455 e. The van der Waals surface area contributed by atoms with E-state index in [4.69, 9.17) is 5.11 Å². The summed E-state index contributed by atoms with van der Waals surface area (Å²) >= 11 is 0. The SMILES string of the molecule is CCNC(C)(CO)CCCOCC(F)(F)C(F)(F)F. The van der Waals surface area contributed by atoms with Gasteiger partial charge in [0.05, 0.1) is 6.61 Å². The fourth-order valence-electron chi connectivity index (χ4n) is 1.50. The van der Waals surface area contributed by atoms with Gasteiger partial charge in [-0.05, 0) is 26.3 Å². The van der Waals surface area contributed by atoms with E-state index < -0.39 is 24.2 Å². The van der Waals surface area contributed by atoms with E-state index in [1.807, 2.05) is 6.92 Å². The van der Waals surface area contributed by atoms with E-state index in [1.165, 1.54) is 0 Å². The van der Waals surface area contributed by atoms with Crippen LogP contribution < -0.4 is 5.32 Å². The molecule has 1 unspecified atom stereocenters. The van der Waals surface area contributed by atoms with Gasteiger partial charge in [0.1, 0.15) is 6.61 Å². The minimum absolute atomic E-state index is 0.153. The van der Waals surface area contributed by atoms with Gasteiger partial charge in [0.25, 0.3) is 0 Å². The lowest BCUT2D eigenvalue weighted by Gasteiger charge is -2.28. The van der Waals surface area contributed by atoms with Crippen molar-refractivity contribution in [2.75, 3.05) is 26.4 Å². The number of aliphatic hydroxyl groups is 1. The van der Waals surface area contributed by atoms with Gasteiger partial charge in [-0.2, -0.15) is 22.0 Å². The Morgan fingerprint density at radius 1 is 1.16 bits per heavy atom. The van der Waals surface area contributed by atoms with Gasteiger partial charge in [0, 0.05) is 12.1 Å². The second-order valence-electron chi connectivity index (χ2n) is 4.61. The van der Waals surface area contributed by atoms with E-state index in [2.05, 4.69) is 10.1 Å². The maximum atomic E-state index is 12.5. The highest BCUT2D eigenvalue weighted by molar-refractivity contribution is 4.81. The molecule has 2 N–H and O–H groups in total. The Hall–Kier alpha value is -0.470. The van der Waals surface area contributed by atoms with Gasteiger partial charge in [-0.1, -0.05) is 6.92 Å². The summed E-state index contributed by atoms with van der Waals surface area (Å²) in [5.41, 5.74) is -0.579. The van der Waals surface area contributed by atoms with E-state index in [0.717, 1.165) is 0 Å². The fraction of sp³-hybridized carbons (Fsp3) is 1.00. The molecule has 0 fully saturated rings. The number of likely N-dealkylation sites (N-methyl/N-ethyl adjacent to an activating group) is 1. The zero-order valence-electron chi connectivity index (χ0n) is 11.0. The number of ether oxygens (including phenoxy) is 1. The molecule has 0 spiro atoms. The summed E-state index contributed by atoms with van der Waals surface area (Å²) in [5.74, 6) is -4.82. The van der Waals surface area contributed by atoms with Gasteiger partial charge in [-0.25, -0.2) is 0 Å². The van der Waals surface area contributed by atoms with Crippen LogP contribution in [0.4, 0.5) is 22.0 Å². The first-order chi connectivity index (χ1) is 8.58. The van der Waals surface area contributed by atoms with Crippen molar-refractivity contribution >= 4 is 0 Å². The highest BCUT2D eigenvalue weighted by atomic mass is 19.4. The van der Waals surface area contributed by atoms with Gasteiger partial charge in [0.15, 0.2) is 0 Å². The average Bonchev–Trinajstić information content (AvgIpc) is 2.27. The van der Waals surface area contributed by atoms with Crippen molar-refractivity contribution in [3.05, 3.63) is 0 Å². The van der Waals surface area contributed by atoms with Gasteiger partial charge in [-0.3, -0.25) is 0 Å². The first-order valence-electron chi connectivity index (χ1n) is 5.96. The van der Waals surface area contributed by atoms with Crippen LogP contribution in [0.5, 0.6) is 0 Å². The van der Waals surface area contributed by atoms with Crippen molar-refractivity contribution in [3.63, 3.8) is 0 Å². The maximum Gasteiger partial charge on any atom is 0.455 e. The molecule has 116 valence electrons. The molecule has 19 heavy (non-hydrogen) atoms. The molecular formula is C11H20F5NO2. The minimum atomic E-state index is -5.59. The molecule has 0 aliphatic heterocycles. The average molecular weight is 293 g/mol. The quantitative estimate of drug-likeness (QED) is 0.506. The van der Waals surface area contributed by atoms with Crippen LogP contribution in [0.1, 0.15) is 26.7 Å². The summed E-state index contributed by atoms with van der Waals surface area (Å²) in [6, 6.07) is 0. The fourth-order valence-corrected chi connectivity index (χ4v) is 1.50. The van der Waals surface area contributed by atoms with E-state index >= 15 is 0 Å². The molecule has 0 aromatic rings. The van der Waals surface area contributed by atoms with Gasteiger partial charge >= 0.3 is 12.1 Å². The molecule has 0 saturated heterocycles. The van der Waals surface area contributed by atoms with Crippen LogP contribution >= 0.6 is 0 Å². The first kappa shape index (κ1) is 18.5. The summed E-state index contributed by atoms with van der Waals surface area (Å²) in [5, 5.41) is 12.1. The molecule has 0 aromatic carbocycles. The Kier molecular flexibility index (Phi) is 7.17. The second kappa shape index (κ2) is 7.35. The second-order valence-corrected chi connectivity index (χ2v) is 4.61. The molecule has 1 atom stereocenters. The van der Waals surface area contributed by atoms with E-state index in [9.17, 15) is 22.0 Å². The maximum absolute atomic E-state index is 12.5. The first-order valence-corrected chi connectivity index (χ1v) is 5.96. The topological polar surface area (TPSA) is 41.5 Å². The summed E-state index contributed by atoms with van der Waals surface area (Å²) in [7, 11) is 0. The van der Waals surface area contributed by atoms with Crippen LogP contribution in [0.3, 0.4) is 0 Å². The zero-order chi connectivity index (χ0) is 15.2. The predicted octanol–water partition coefficient (Wildman–Crippen LogP) is 2.34.